The normalized spacial score (nSPS) is 24.8. The van der Waals surface area contributed by atoms with Gasteiger partial charge >= 0.3 is 0 Å². The molecule has 2 amide bonds. The van der Waals surface area contributed by atoms with Crippen LogP contribution in [0.5, 0.6) is 0 Å². The van der Waals surface area contributed by atoms with E-state index in [2.05, 4.69) is 5.32 Å². The number of allylic oxidation sites excluding steroid dienone is 1. The Morgan fingerprint density at radius 2 is 2.47 bits per heavy atom. The number of hydrogen-bond acceptors (Lipinski definition) is 3. The molecular weight excluding hydrogens is 220 g/mol. The van der Waals surface area contributed by atoms with E-state index in [0.29, 0.717) is 31.9 Å². The molecule has 0 spiro atoms. The van der Waals surface area contributed by atoms with Gasteiger partial charge in [-0.15, -0.1) is 0 Å². The van der Waals surface area contributed by atoms with Crippen LogP contribution in [0.25, 0.3) is 0 Å². The van der Waals surface area contributed by atoms with Crippen LogP contribution in [0.1, 0.15) is 26.2 Å². The van der Waals surface area contributed by atoms with Crippen molar-refractivity contribution in [2.45, 2.75) is 32.2 Å². The Balaban J connectivity index is 2.11. The second kappa shape index (κ2) is 5.21. The van der Waals surface area contributed by atoms with Crippen molar-refractivity contribution < 1.29 is 14.3 Å². The fraction of sp³-hybridized carbons (Fsp3) is 0.667. The predicted octanol–water partition coefficient (Wildman–Crippen LogP) is 0.418. The molecule has 1 N–H and O–H groups in total. The molecule has 0 radical (unpaired) electrons. The molecule has 1 atom stereocenters. The van der Waals surface area contributed by atoms with E-state index in [0.717, 1.165) is 12.8 Å². The van der Waals surface area contributed by atoms with E-state index < -0.39 is 0 Å². The zero-order chi connectivity index (χ0) is 12.3. The zero-order valence-corrected chi connectivity index (χ0v) is 10.1. The van der Waals surface area contributed by atoms with Crippen molar-refractivity contribution in [2.75, 3.05) is 19.7 Å². The molecule has 0 aromatic heterocycles. The third-order valence-electron chi connectivity index (χ3n) is 3.12. The Morgan fingerprint density at radius 1 is 1.65 bits per heavy atom. The van der Waals surface area contributed by atoms with E-state index in [1.165, 1.54) is 0 Å². The summed E-state index contributed by atoms with van der Waals surface area (Å²) in [5.74, 6) is 0.194. The van der Waals surface area contributed by atoms with Gasteiger partial charge in [-0.2, -0.15) is 0 Å². The van der Waals surface area contributed by atoms with Gasteiger partial charge in [0.05, 0.1) is 6.61 Å². The quantitative estimate of drug-likeness (QED) is 0.758. The number of hydrogen-bond donors (Lipinski definition) is 1. The van der Waals surface area contributed by atoms with Crippen LogP contribution in [0.3, 0.4) is 0 Å². The van der Waals surface area contributed by atoms with Crippen LogP contribution in [0.15, 0.2) is 11.8 Å². The molecule has 1 unspecified atom stereocenters. The van der Waals surface area contributed by atoms with Crippen LogP contribution in [0, 0.1) is 0 Å². The van der Waals surface area contributed by atoms with Gasteiger partial charge < -0.3 is 15.0 Å². The SMILES string of the molecule is CCC1C(=O)NCCN1C(=O)C1=CCCCO1. The Labute approximate surface area is 101 Å². The smallest absolute Gasteiger partial charge is 0.289 e. The van der Waals surface area contributed by atoms with Gasteiger partial charge in [0, 0.05) is 13.1 Å². The maximum Gasteiger partial charge on any atom is 0.289 e. The molecule has 5 nitrogen and oxygen atoms in total. The molecular formula is C12H18N2O3. The highest BCUT2D eigenvalue weighted by Gasteiger charge is 2.33. The van der Waals surface area contributed by atoms with Crippen molar-refractivity contribution in [3.8, 4) is 0 Å². The molecule has 1 saturated heterocycles. The minimum atomic E-state index is -0.359. The van der Waals surface area contributed by atoms with Crippen molar-refractivity contribution in [1.29, 1.82) is 0 Å². The van der Waals surface area contributed by atoms with Crippen molar-refractivity contribution in [2.24, 2.45) is 0 Å². The molecule has 2 aliphatic rings. The van der Waals surface area contributed by atoms with Crippen LogP contribution in [-0.2, 0) is 14.3 Å². The Bertz CT molecular complexity index is 352. The van der Waals surface area contributed by atoms with Gasteiger partial charge in [0.2, 0.25) is 5.91 Å². The van der Waals surface area contributed by atoms with Crippen molar-refractivity contribution >= 4 is 11.8 Å². The summed E-state index contributed by atoms with van der Waals surface area (Å²) < 4.78 is 5.36. The van der Waals surface area contributed by atoms with Gasteiger partial charge in [0.1, 0.15) is 6.04 Å². The third kappa shape index (κ3) is 2.43. The highest BCUT2D eigenvalue weighted by Crippen LogP contribution is 2.17. The monoisotopic (exact) mass is 238 g/mol. The van der Waals surface area contributed by atoms with Gasteiger partial charge in [-0.25, -0.2) is 0 Å². The summed E-state index contributed by atoms with van der Waals surface area (Å²) in [6.45, 7) is 3.58. The minimum absolute atomic E-state index is 0.0662. The summed E-state index contributed by atoms with van der Waals surface area (Å²) in [5.41, 5.74) is 0. The first kappa shape index (κ1) is 12.0. The van der Waals surface area contributed by atoms with E-state index in [4.69, 9.17) is 4.74 Å². The summed E-state index contributed by atoms with van der Waals surface area (Å²) in [5, 5.41) is 2.78. The van der Waals surface area contributed by atoms with E-state index in [9.17, 15) is 9.59 Å². The topological polar surface area (TPSA) is 58.6 Å². The summed E-state index contributed by atoms with van der Waals surface area (Å²) in [6, 6.07) is -0.359. The number of rotatable bonds is 2. The van der Waals surface area contributed by atoms with Crippen molar-refractivity contribution in [1.82, 2.24) is 10.2 Å². The van der Waals surface area contributed by atoms with Gasteiger partial charge in [0.25, 0.3) is 5.91 Å². The summed E-state index contributed by atoms with van der Waals surface area (Å²) >= 11 is 0. The molecule has 2 heterocycles. The second-order valence-electron chi connectivity index (χ2n) is 4.27. The third-order valence-corrected chi connectivity index (χ3v) is 3.12. The Kier molecular flexibility index (Phi) is 3.66. The summed E-state index contributed by atoms with van der Waals surface area (Å²) in [6.07, 6.45) is 4.28. The first-order valence-corrected chi connectivity index (χ1v) is 6.15. The molecule has 0 aromatic rings. The predicted molar refractivity (Wildman–Crippen MR) is 62.1 cm³/mol. The molecule has 0 bridgehead atoms. The van der Waals surface area contributed by atoms with E-state index >= 15 is 0 Å². The molecule has 1 fully saturated rings. The molecule has 0 aromatic carbocycles. The van der Waals surface area contributed by atoms with Crippen LogP contribution in [0.4, 0.5) is 0 Å². The second-order valence-corrected chi connectivity index (χ2v) is 4.27. The molecule has 0 aliphatic carbocycles. The number of nitrogens with zero attached hydrogens (tertiary/aromatic N) is 1. The number of amides is 2. The lowest BCUT2D eigenvalue weighted by Gasteiger charge is -2.35. The highest BCUT2D eigenvalue weighted by atomic mass is 16.5. The lowest BCUT2D eigenvalue weighted by Crippen LogP contribution is -2.57. The average molecular weight is 238 g/mol. The number of ether oxygens (including phenoxy) is 1. The number of carbonyl (C=O) groups excluding carboxylic acids is 2. The van der Waals surface area contributed by atoms with Gasteiger partial charge in [-0.05, 0) is 25.3 Å². The fourth-order valence-electron chi connectivity index (χ4n) is 2.21. The first-order chi connectivity index (χ1) is 8.24. The summed E-state index contributed by atoms with van der Waals surface area (Å²) in [7, 11) is 0. The lowest BCUT2D eigenvalue weighted by molar-refractivity contribution is -0.143. The van der Waals surface area contributed by atoms with E-state index in [-0.39, 0.29) is 17.9 Å². The van der Waals surface area contributed by atoms with Crippen molar-refractivity contribution in [3.63, 3.8) is 0 Å². The van der Waals surface area contributed by atoms with Gasteiger partial charge in [-0.3, -0.25) is 9.59 Å². The number of nitrogens with one attached hydrogen (secondary N) is 1. The van der Waals surface area contributed by atoms with Crippen LogP contribution >= 0.6 is 0 Å². The summed E-state index contributed by atoms with van der Waals surface area (Å²) in [4.78, 5) is 25.5. The largest absolute Gasteiger partial charge is 0.488 e. The Morgan fingerprint density at radius 3 is 3.12 bits per heavy atom. The maximum atomic E-state index is 12.2. The number of piperazine rings is 1. The highest BCUT2D eigenvalue weighted by molar-refractivity contribution is 5.96. The van der Waals surface area contributed by atoms with Crippen molar-refractivity contribution in [3.05, 3.63) is 11.8 Å². The molecule has 5 heteroatoms. The Hall–Kier alpha value is -1.52. The first-order valence-electron chi connectivity index (χ1n) is 6.15. The molecule has 94 valence electrons. The average Bonchev–Trinajstić information content (AvgIpc) is 2.38. The van der Waals surface area contributed by atoms with Crippen LogP contribution < -0.4 is 5.32 Å². The fourth-order valence-corrected chi connectivity index (χ4v) is 2.21. The number of carbonyl (C=O) groups is 2. The minimum Gasteiger partial charge on any atom is -0.488 e. The molecule has 2 aliphatic heterocycles. The van der Waals surface area contributed by atoms with Gasteiger partial charge in [0.15, 0.2) is 5.76 Å². The van der Waals surface area contributed by atoms with Crippen LogP contribution in [-0.4, -0.2) is 42.5 Å². The van der Waals surface area contributed by atoms with Gasteiger partial charge in [-0.1, -0.05) is 6.92 Å². The maximum absolute atomic E-state index is 12.2. The van der Waals surface area contributed by atoms with E-state index in [1.807, 2.05) is 13.0 Å². The zero-order valence-electron chi connectivity index (χ0n) is 10.1. The standard InChI is InChI=1S/C12H18N2O3/c1-2-9-11(15)13-6-7-14(9)12(16)10-5-3-4-8-17-10/h5,9H,2-4,6-8H2,1H3,(H,13,15). The molecule has 0 saturated carbocycles. The van der Waals surface area contributed by atoms with E-state index in [1.54, 1.807) is 4.90 Å². The molecule has 2 rings (SSSR count). The molecule has 17 heavy (non-hydrogen) atoms. The van der Waals surface area contributed by atoms with Crippen LogP contribution in [0.2, 0.25) is 0 Å². The lowest BCUT2D eigenvalue weighted by atomic mass is 10.1.